The number of rotatable bonds is 3. The fraction of sp³-hybridized carbons (Fsp3) is 0.417. The van der Waals surface area contributed by atoms with E-state index in [0.717, 1.165) is 5.69 Å². The van der Waals surface area contributed by atoms with Crippen LogP contribution in [0.5, 0.6) is 0 Å². The van der Waals surface area contributed by atoms with Crippen LogP contribution < -0.4 is 5.32 Å². The number of hydrogen-bond donors (Lipinski definition) is 2. The van der Waals surface area contributed by atoms with E-state index in [4.69, 9.17) is 10.00 Å². The maximum absolute atomic E-state index is 10.0. The SMILES string of the molecule is N#Cc1ccccc1NCC1(O)CCOC1. The van der Waals surface area contributed by atoms with E-state index in [1.165, 1.54) is 0 Å². The van der Waals surface area contributed by atoms with Crippen molar-refractivity contribution in [3.8, 4) is 6.07 Å². The monoisotopic (exact) mass is 218 g/mol. The number of nitrogens with one attached hydrogen (secondary N) is 1. The molecule has 1 aromatic rings. The van der Waals surface area contributed by atoms with E-state index in [0.29, 0.717) is 31.7 Å². The maximum atomic E-state index is 10.0. The molecule has 84 valence electrons. The van der Waals surface area contributed by atoms with Crippen LogP contribution in [-0.2, 0) is 4.74 Å². The predicted molar refractivity (Wildman–Crippen MR) is 60.0 cm³/mol. The number of benzene rings is 1. The average molecular weight is 218 g/mol. The van der Waals surface area contributed by atoms with E-state index in [1.54, 1.807) is 6.07 Å². The number of nitrogens with zero attached hydrogens (tertiary/aromatic N) is 1. The fourth-order valence-electron chi connectivity index (χ4n) is 1.73. The van der Waals surface area contributed by atoms with Crippen molar-refractivity contribution < 1.29 is 9.84 Å². The molecule has 0 radical (unpaired) electrons. The van der Waals surface area contributed by atoms with Gasteiger partial charge < -0.3 is 15.2 Å². The standard InChI is InChI=1S/C12H14N2O2/c13-7-10-3-1-2-4-11(10)14-8-12(15)5-6-16-9-12/h1-4,14-15H,5-6,8-9H2. The van der Waals surface area contributed by atoms with Gasteiger partial charge in [0, 0.05) is 19.6 Å². The van der Waals surface area contributed by atoms with Crippen LogP contribution in [0, 0.1) is 11.3 Å². The maximum Gasteiger partial charge on any atom is 0.107 e. The van der Waals surface area contributed by atoms with Crippen molar-refractivity contribution in [1.82, 2.24) is 0 Å². The lowest BCUT2D eigenvalue weighted by atomic mass is 10.0. The summed E-state index contributed by atoms with van der Waals surface area (Å²) in [5, 5.41) is 22.0. The minimum Gasteiger partial charge on any atom is -0.386 e. The van der Waals surface area contributed by atoms with Crippen LogP contribution in [0.25, 0.3) is 0 Å². The van der Waals surface area contributed by atoms with Crippen LogP contribution in [0.3, 0.4) is 0 Å². The van der Waals surface area contributed by atoms with Crippen molar-refractivity contribution in [2.45, 2.75) is 12.0 Å². The molecule has 1 saturated heterocycles. The van der Waals surface area contributed by atoms with Gasteiger partial charge in [0.2, 0.25) is 0 Å². The Morgan fingerprint density at radius 3 is 3.00 bits per heavy atom. The lowest BCUT2D eigenvalue weighted by molar-refractivity contribution is 0.0382. The van der Waals surface area contributed by atoms with Crippen LogP contribution in [0.4, 0.5) is 5.69 Å². The van der Waals surface area contributed by atoms with Crippen molar-refractivity contribution in [2.75, 3.05) is 25.1 Å². The first-order valence-corrected chi connectivity index (χ1v) is 5.27. The topological polar surface area (TPSA) is 65.3 Å². The Morgan fingerprint density at radius 2 is 2.31 bits per heavy atom. The predicted octanol–water partition coefficient (Wildman–Crippen LogP) is 1.12. The molecule has 1 aliphatic rings. The van der Waals surface area contributed by atoms with Crippen molar-refractivity contribution in [3.63, 3.8) is 0 Å². The summed E-state index contributed by atoms with van der Waals surface area (Å²) in [5.74, 6) is 0. The minimum atomic E-state index is -0.803. The van der Waals surface area contributed by atoms with E-state index in [2.05, 4.69) is 11.4 Å². The molecule has 2 rings (SSSR count). The zero-order chi connectivity index (χ0) is 11.4. The summed E-state index contributed by atoms with van der Waals surface area (Å²) < 4.78 is 5.15. The van der Waals surface area contributed by atoms with Crippen LogP contribution >= 0.6 is 0 Å². The summed E-state index contributed by atoms with van der Waals surface area (Å²) in [4.78, 5) is 0. The van der Waals surface area contributed by atoms with Crippen LogP contribution in [0.2, 0.25) is 0 Å². The third-order valence-corrected chi connectivity index (χ3v) is 2.74. The largest absolute Gasteiger partial charge is 0.386 e. The van der Waals surface area contributed by atoms with E-state index in [-0.39, 0.29) is 0 Å². The van der Waals surface area contributed by atoms with Gasteiger partial charge in [-0.3, -0.25) is 0 Å². The highest BCUT2D eigenvalue weighted by molar-refractivity contribution is 5.57. The van der Waals surface area contributed by atoms with E-state index in [1.807, 2.05) is 18.2 Å². The first-order valence-electron chi connectivity index (χ1n) is 5.27. The number of para-hydroxylation sites is 1. The molecule has 4 heteroatoms. The zero-order valence-electron chi connectivity index (χ0n) is 8.94. The van der Waals surface area contributed by atoms with Gasteiger partial charge in [-0.2, -0.15) is 5.26 Å². The summed E-state index contributed by atoms with van der Waals surface area (Å²) in [5.41, 5.74) is 0.540. The van der Waals surface area contributed by atoms with E-state index < -0.39 is 5.60 Å². The van der Waals surface area contributed by atoms with Gasteiger partial charge in [0.15, 0.2) is 0 Å². The van der Waals surface area contributed by atoms with Gasteiger partial charge in [0.25, 0.3) is 0 Å². The van der Waals surface area contributed by atoms with Crippen LogP contribution in [0.1, 0.15) is 12.0 Å². The number of ether oxygens (including phenoxy) is 1. The first-order chi connectivity index (χ1) is 7.73. The third kappa shape index (κ3) is 2.32. The minimum absolute atomic E-state index is 0.356. The summed E-state index contributed by atoms with van der Waals surface area (Å²) in [6.45, 7) is 1.36. The molecule has 1 heterocycles. The highest BCUT2D eigenvalue weighted by atomic mass is 16.5. The zero-order valence-corrected chi connectivity index (χ0v) is 8.94. The Kier molecular flexibility index (Phi) is 3.09. The Hall–Kier alpha value is -1.57. The smallest absolute Gasteiger partial charge is 0.107 e. The summed E-state index contributed by atoms with van der Waals surface area (Å²) in [7, 11) is 0. The highest BCUT2D eigenvalue weighted by Crippen LogP contribution is 2.20. The molecule has 1 aliphatic heterocycles. The van der Waals surface area contributed by atoms with Crippen molar-refractivity contribution >= 4 is 5.69 Å². The van der Waals surface area contributed by atoms with Crippen LogP contribution in [-0.4, -0.2) is 30.5 Å². The second-order valence-corrected chi connectivity index (χ2v) is 4.04. The third-order valence-electron chi connectivity index (χ3n) is 2.74. The molecular formula is C12H14N2O2. The number of aliphatic hydroxyl groups is 1. The molecule has 0 amide bonds. The Morgan fingerprint density at radius 1 is 1.50 bits per heavy atom. The van der Waals surface area contributed by atoms with E-state index in [9.17, 15) is 5.11 Å². The van der Waals surface area contributed by atoms with Gasteiger partial charge in [-0.05, 0) is 12.1 Å². The molecule has 0 bridgehead atoms. The van der Waals surface area contributed by atoms with Gasteiger partial charge in [0.1, 0.15) is 11.7 Å². The van der Waals surface area contributed by atoms with Gasteiger partial charge in [-0.1, -0.05) is 12.1 Å². The molecule has 2 N–H and O–H groups in total. The van der Waals surface area contributed by atoms with Gasteiger partial charge in [0.05, 0.1) is 17.9 Å². The molecule has 0 spiro atoms. The highest BCUT2D eigenvalue weighted by Gasteiger charge is 2.31. The van der Waals surface area contributed by atoms with Crippen LogP contribution in [0.15, 0.2) is 24.3 Å². The lowest BCUT2D eigenvalue weighted by Crippen LogP contribution is -2.37. The molecule has 1 fully saturated rings. The molecule has 16 heavy (non-hydrogen) atoms. The summed E-state index contributed by atoms with van der Waals surface area (Å²) >= 11 is 0. The number of hydrogen-bond acceptors (Lipinski definition) is 4. The Bertz CT molecular complexity index is 406. The quantitative estimate of drug-likeness (QED) is 0.798. The lowest BCUT2D eigenvalue weighted by Gasteiger charge is -2.21. The Balaban J connectivity index is 2.02. The van der Waals surface area contributed by atoms with E-state index >= 15 is 0 Å². The molecule has 0 saturated carbocycles. The summed E-state index contributed by atoms with van der Waals surface area (Å²) in [6, 6.07) is 9.36. The number of nitriles is 1. The second kappa shape index (κ2) is 4.52. The molecule has 4 nitrogen and oxygen atoms in total. The molecule has 1 unspecified atom stereocenters. The summed E-state index contributed by atoms with van der Waals surface area (Å²) in [6.07, 6.45) is 0.634. The van der Waals surface area contributed by atoms with Gasteiger partial charge in [-0.25, -0.2) is 0 Å². The van der Waals surface area contributed by atoms with Crippen molar-refractivity contribution in [3.05, 3.63) is 29.8 Å². The van der Waals surface area contributed by atoms with Crippen molar-refractivity contribution in [1.29, 1.82) is 5.26 Å². The normalized spacial score (nSPS) is 24.0. The molecule has 1 aromatic carbocycles. The van der Waals surface area contributed by atoms with Crippen molar-refractivity contribution in [2.24, 2.45) is 0 Å². The second-order valence-electron chi connectivity index (χ2n) is 4.04. The van der Waals surface area contributed by atoms with Gasteiger partial charge >= 0.3 is 0 Å². The average Bonchev–Trinajstić information content (AvgIpc) is 2.74. The van der Waals surface area contributed by atoms with Gasteiger partial charge in [-0.15, -0.1) is 0 Å². The fourth-order valence-corrected chi connectivity index (χ4v) is 1.73. The molecular weight excluding hydrogens is 204 g/mol. The Labute approximate surface area is 94.5 Å². The molecule has 0 aromatic heterocycles. The first kappa shape index (κ1) is 10.9. The molecule has 1 atom stereocenters. The number of anilines is 1. The molecule has 0 aliphatic carbocycles.